The third-order valence-corrected chi connectivity index (χ3v) is 7.00. The van der Waals surface area contributed by atoms with E-state index in [0.717, 1.165) is 18.4 Å². The summed E-state index contributed by atoms with van der Waals surface area (Å²) < 4.78 is 33.1. The molecular weight excluding hydrogens is 370 g/mol. The van der Waals surface area contributed by atoms with E-state index in [9.17, 15) is 8.42 Å². The SMILES string of the molecule is COc1cccc(C#CC2CCCCC2)c1N(C)S(=O)(=O)c1ccc(C)cc1. The van der Waals surface area contributed by atoms with Crippen LogP contribution in [-0.4, -0.2) is 22.6 Å². The summed E-state index contributed by atoms with van der Waals surface area (Å²) in [5.41, 5.74) is 2.16. The Labute approximate surface area is 168 Å². The highest BCUT2D eigenvalue weighted by Crippen LogP contribution is 2.34. The van der Waals surface area contributed by atoms with Crippen molar-refractivity contribution in [2.75, 3.05) is 18.5 Å². The van der Waals surface area contributed by atoms with Crippen molar-refractivity contribution in [1.82, 2.24) is 0 Å². The van der Waals surface area contributed by atoms with Crippen molar-refractivity contribution < 1.29 is 13.2 Å². The number of anilines is 1. The van der Waals surface area contributed by atoms with Gasteiger partial charge in [-0.05, 0) is 44.0 Å². The number of ether oxygens (including phenoxy) is 1. The minimum absolute atomic E-state index is 0.248. The predicted molar refractivity (Wildman–Crippen MR) is 113 cm³/mol. The third-order valence-electron chi connectivity index (χ3n) is 5.23. The lowest BCUT2D eigenvalue weighted by atomic mass is 9.89. The monoisotopic (exact) mass is 397 g/mol. The van der Waals surface area contributed by atoms with Crippen LogP contribution in [0.25, 0.3) is 0 Å². The van der Waals surface area contributed by atoms with E-state index in [4.69, 9.17) is 4.74 Å². The molecule has 0 heterocycles. The Hall–Kier alpha value is -2.45. The van der Waals surface area contributed by atoms with Gasteiger partial charge in [0.1, 0.15) is 11.4 Å². The average molecular weight is 398 g/mol. The fourth-order valence-corrected chi connectivity index (χ4v) is 4.75. The first-order valence-corrected chi connectivity index (χ1v) is 11.1. The lowest BCUT2D eigenvalue weighted by Crippen LogP contribution is -2.27. The molecule has 0 bridgehead atoms. The van der Waals surface area contributed by atoms with Gasteiger partial charge in [-0.15, -0.1) is 0 Å². The quantitative estimate of drug-likeness (QED) is 0.699. The van der Waals surface area contributed by atoms with E-state index in [0.29, 0.717) is 22.9 Å². The van der Waals surface area contributed by atoms with Gasteiger partial charge < -0.3 is 4.74 Å². The van der Waals surface area contributed by atoms with Gasteiger partial charge in [-0.2, -0.15) is 0 Å². The van der Waals surface area contributed by atoms with E-state index in [2.05, 4.69) is 11.8 Å². The Balaban J connectivity index is 2.02. The second kappa shape index (κ2) is 8.70. The number of nitrogens with zero attached hydrogens (tertiary/aromatic N) is 1. The molecule has 1 fully saturated rings. The number of methoxy groups -OCH3 is 1. The molecule has 3 rings (SSSR count). The number of rotatable bonds is 4. The summed E-state index contributed by atoms with van der Waals surface area (Å²) in [7, 11) is -0.622. The molecule has 0 unspecified atom stereocenters. The molecule has 1 saturated carbocycles. The second-order valence-corrected chi connectivity index (χ2v) is 9.22. The lowest BCUT2D eigenvalue weighted by molar-refractivity contribution is 0.415. The van der Waals surface area contributed by atoms with Crippen LogP contribution < -0.4 is 9.04 Å². The van der Waals surface area contributed by atoms with E-state index in [1.807, 2.05) is 19.1 Å². The Morgan fingerprint density at radius 3 is 2.36 bits per heavy atom. The van der Waals surface area contributed by atoms with E-state index in [1.165, 1.54) is 23.6 Å². The van der Waals surface area contributed by atoms with Crippen LogP contribution in [0.3, 0.4) is 0 Å². The standard InChI is InChI=1S/C23H27NO3S/c1-18-12-16-21(17-13-18)28(25,26)24(2)23-20(10-7-11-22(23)27-3)15-14-19-8-5-4-6-9-19/h7,10-13,16-17,19H,4-6,8-9H2,1-3H3. The molecule has 0 aliphatic heterocycles. The van der Waals surface area contributed by atoms with E-state index >= 15 is 0 Å². The largest absolute Gasteiger partial charge is 0.495 e. The van der Waals surface area contributed by atoms with Crippen LogP contribution in [0.5, 0.6) is 5.75 Å². The highest BCUT2D eigenvalue weighted by Gasteiger charge is 2.26. The topological polar surface area (TPSA) is 46.6 Å². The summed E-state index contributed by atoms with van der Waals surface area (Å²) in [5, 5.41) is 0. The summed E-state index contributed by atoms with van der Waals surface area (Å²) in [6.45, 7) is 1.93. The van der Waals surface area contributed by atoms with Crippen LogP contribution in [0.1, 0.15) is 43.2 Å². The molecule has 0 atom stereocenters. The van der Waals surface area contributed by atoms with Crippen LogP contribution in [0.4, 0.5) is 5.69 Å². The minimum Gasteiger partial charge on any atom is -0.495 e. The number of benzene rings is 2. The molecule has 28 heavy (non-hydrogen) atoms. The minimum atomic E-state index is -3.72. The van der Waals surface area contributed by atoms with Gasteiger partial charge in [0.05, 0.1) is 17.6 Å². The number of para-hydroxylation sites is 1. The van der Waals surface area contributed by atoms with Crippen molar-refractivity contribution in [2.45, 2.75) is 43.9 Å². The van der Waals surface area contributed by atoms with Crippen molar-refractivity contribution in [3.05, 3.63) is 53.6 Å². The van der Waals surface area contributed by atoms with Crippen molar-refractivity contribution in [2.24, 2.45) is 5.92 Å². The van der Waals surface area contributed by atoms with Crippen LogP contribution in [0.2, 0.25) is 0 Å². The predicted octanol–water partition coefficient (Wildman–Crippen LogP) is 4.76. The Kier molecular flexibility index (Phi) is 6.31. The smallest absolute Gasteiger partial charge is 0.264 e. The first kappa shape index (κ1) is 20.3. The van der Waals surface area contributed by atoms with Crippen LogP contribution in [-0.2, 0) is 10.0 Å². The molecule has 5 heteroatoms. The summed E-state index contributed by atoms with van der Waals surface area (Å²) in [5.74, 6) is 7.47. The highest BCUT2D eigenvalue weighted by molar-refractivity contribution is 7.92. The molecule has 0 saturated heterocycles. The average Bonchev–Trinajstić information content (AvgIpc) is 2.72. The molecule has 2 aromatic rings. The first-order valence-electron chi connectivity index (χ1n) is 9.67. The maximum Gasteiger partial charge on any atom is 0.264 e. The summed E-state index contributed by atoms with van der Waals surface area (Å²) in [4.78, 5) is 0.248. The van der Waals surface area contributed by atoms with Gasteiger partial charge in [0.25, 0.3) is 10.0 Å². The molecule has 148 valence electrons. The van der Waals surface area contributed by atoms with Crippen molar-refractivity contribution in [1.29, 1.82) is 0 Å². The zero-order chi connectivity index (χ0) is 20.1. The van der Waals surface area contributed by atoms with Gasteiger partial charge in [0.15, 0.2) is 0 Å². The van der Waals surface area contributed by atoms with Crippen LogP contribution in [0.15, 0.2) is 47.4 Å². The number of sulfonamides is 1. The Morgan fingerprint density at radius 1 is 1.04 bits per heavy atom. The van der Waals surface area contributed by atoms with E-state index in [1.54, 1.807) is 44.5 Å². The zero-order valence-corrected chi connectivity index (χ0v) is 17.6. The molecular formula is C23H27NO3S. The summed E-state index contributed by atoms with van der Waals surface area (Å²) >= 11 is 0. The molecule has 0 radical (unpaired) electrons. The molecule has 0 spiro atoms. The maximum atomic E-state index is 13.2. The highest BCUT2D eigenvalue weighted by atomic mass is 32.2. The van der Waals surface area contributed by atoms with Gasteiger partial charge in [0.2, 0.25) is 0 Å². The molecule has 0 amide bonds. The second-order valence-electron chi connectivity index (χ2n) is 7.25. The van der Waals surface area contributed by atoms with E-state index < -0.39 is 10.0 Å². The van der Waals surface area contributed by atoms with Crippen molar-refractivity contribution in [3.63, 3.8) is 0 Å². The Morgan fingerprint density at radius 2 is 1.71 bits per heavy atom. The van der Waals surface area contributed by atoms with Gasteiger partial charge in [0, 0.05) is 13.0 Å². The van der Waals surface area contributed by atoms with Gasteiger partial charge in [-0.3, -0.25) is 4.31 Å². The normalized spacial score (nSPS) is 14.8. The number of hydrogen-bond donors (Lipinski definition) is 0. The van der Waals surface area contributed by atoms with Crippen LogP contribution in [0, 0.1) is 24.7 Å². The van der Waals surface area contributed by atoms with Gasteiger partial charge >= 0.3 is 0 Å². The zero-order valence-electron chi connectivity index (χ0n) is 16.7. The van der Waals surface area contributed by atoms with Crippen molar-refractivity contribution >= 4 is 15.7 Å². The summed E-state index contributed by atoms with van der Waals surface area (Å²) in [6.07, 6.45) is 5.94. The van der Waals surface area contributed by atoms with Crippen molar-refractivity contribution in [3.8, 4) is 17.6 Å². The van der Waals surface area contributed by atoms with Gasteiger partial charge in [-0.1, -0.05) is 54.9 Å². The Bertz CT molecular complexity index is 979. The fraction of sp³-hybridized carbons (Fsp3) is 0.391. The molecule has 1 aliphatic rings. The van der Waals surface area contributed by atoms with Gasteiger partial charge in [-0.25, -0.2) is 8.42 Å². The molecule has 0 N–H and O–H groups in total. The number of aryl methyl sites for hydroxylation is 1. The lowest BCUT2D eigenvalue weighted by Gasteiger charge is -2.23. The first-order chi connectivity index (χ1) is 13.4. The third kappa shape index (κ3) is 4.34. The summed E-state index contributed by atoms with van der Waals surface area (Å²) in [6, 6.07) is 12.3. The maximum absolute atomic E-state index is 13.2. The molecule has 4 nitrogen and oxygen atoms in total. The number of hydrogen-bond acceptors (Lipinski definition) is 3. The van der Waals surface area contributed by atoms with Crippen LogP contribution >= 0.6 is 0 Å². The fourth-order valence-electron chi connectivity index (χ4n) is 3.53. The van der Waals surface area contributed by atoms with E-state index in [-0.39, 0.29) is 4.90 Å². The molecule has 1 aliphatic carbocycles. The molecule has 0 aromatic heterocycles. The molecule has 2 aromatic carbocycles.